The minimum Gasteiger partial charge on any atom is -0.342 e. The van der Waals surface area contributed by atoms with Gasteiger partial charge in [0.25, 0.3) is 0 Å². The van der Waals surface area contributed by atoms with Crippen LogP contribution in [0.15, 0.2) is 23.1 Å². The number of benzene rings is 1. The predicted octanol–water partition coefficient (Wildman–Crippen LogP) is 3.49. The summed E-state index contributed by atoms with van der Waals surface area (Å²) in [6.45, 7) is 1.62. The molecule has 0 bridgehead atoms. The van der Waals surface area contributed by atoms with Crippen LogP contribution in [-0.4, -0.2) is 35.9 Å². The van der Waals surface area contributed by atoms with E-state index in [2.05, 4.69) is 18.2 Å². The fourth-order valence-electron chi connectivity index (χ4n) is 3.64. The van der Waals surface area contributed by atoms with Gasteiger partial charge in [-0.25, -0.2) is 0 Å². The second-order valence-electron chi connectivity index (χ2n) is 6.61. The predicted molar refractivity (Wildman–Crippen MR) is 93.8 cm³/mol. The first-order chi connectivity index (χ1) is 11.3. The largest absolute Gasteiger partial charge is 0.342 e. The molecule has 4 heteroatoms. The molecule has 1 amide bonds. The van der Waals surface area contributed by atoms with Crippen molar-refractivity contribution >= 4 is 24.0 Å². The molecular formula is C19H25NO2S. The standard InChI is InChI=1S/C19H25NO2S/c21-13-10-19(22)20-11-8-15(9-12-20)14-23-18-7-3-5-16-4-1-2-6-17(16)18/h3,5,7,13,15H,1-2,4,6,8-12,14H2. The summed E-state index contributed by atoms with van der Waals surface area (Å²) in [5.74, 6) is 1.81. The minimum absolute atomic E-state index is 0.0109. The van der Waals surface area contributed by atoms with Crippen LogP contribution in [0.1, 0.15) is 43.2 Å². The van der Waals surface area contributed by atoms with Gasteiger partial charge in [-0.15, -0.1) is 11.8 Å². The van der Waals surface area contributed by atoms with E-state index in [1.165, 1.54) is 30.6 Å². The highest BCUT2D eigenvalue weighted by molar-refractivity contribution is 7.99. The quantitative estimate of drug-likeness (QED) is 0.471. The van der Waals surface area contributed by atoms with E-state index in [-0.39, 0.29) is 12.3 Å². The van der Waals surface area contributed by atoms with Crippen molar-refractivity contribution in [2.75, 3.05) is 18.8 Å². The van der Waals surface area contributed by atoms with Gasteiger partial charge in [0.1, 0.15) is 6.29 Å². The third kappa shape index (κ3) is 4.17. The smallest absolute Gasteiger partial charge is 0.229 e. The van der Waals surface area contributed by atoms with E-state index in [9.17, 15) is 9.59 Å². The van der Waals surface area contributed by atoms with E-state index < -0.39 is 0 Å². The van der Waals surface area contributed by atoms with Crippen molar-refractivity contribution in [2.45, 2.75) is 49.8 Å². The highest BCUT2D eigenvalue weighted by atomic mass is 32.2. The van der Waals surface area contributed by atoms with Gasteiger partial charge in [0.2, 0.25) is 5.91 Å². The summed E-state index contributed by atoms with van der Waals surface area (Å²) in [6, 6.07) is 6.76. The van der Waals surface area contributed by atoms with E-state index in [0.29, 0.717) is 12.2 Å². The molecule has 1 fully saturated rings. The Kier molecular flexibility index (Phi) is 5.76. The lowest BCUT2D eigenvalue weighted by Crippen LogP contribution is -2.39. The van der Waals surface area contributed by atoms with Gasteiger partial charge in [-0.3, -0.25) is 4.79 Å². The number of aryl methyl sites for hydroxylation is 1. The van der Waals surface area contributed by atoms with Crippen LogP contribution in [-0.2, 0) is 22.4 Å². The van der Waals surface area contributed by atoms with Crippen molar-refractivity contribution < 1.29 is 9.59 Å². The molecule has 2 aliphatic rings. The number of amides is 1. The van der Waals surface area contributed by atoms with Crippen molar-refractivity contribution in [3.8, 4) is 0 Å². The number of likely N-dealkylation sites (tertiary alicyclic amines) is 1. The third-order valence-corrected chi connectivity index (χ3v) is 6.38. The molecule has 0 radical (unpaired) electrons. The van der Waals surface area contributed by atoms with Crippen LogP contribution >= 0.6 is 11.8 Å². The summed E-state index contributed by atoms with van der Waals surface area (Å²) in [5, 5.41) is 0. The molecule has 124 valence electrons. The van der Waals surface area contributed by atoms with Gasteiger partial charge in [-0.1, -0.05) is 12.1 Å². The highest BCUT2D eigenvalue weighted by Gasteiger charge is 2.23. The molecule has 1 aromatic rings. The van der Waals surface area contributed by atoms with Gasteiger partial charge >= 0.3 is 0 Å². The Morgan fingerprint density at radius 2 is 2.00 bits per heavy atom. The highest BCUT2D eigenvalue weighted by Crippen LogP contribution is 2.33. The average molecular weight is 331 g/mol. The van der Waals surface area contributed by atoms with Gasteiger partial charge < -0.3 is 9.69 Å². The molecule has 1 saturated heterocycles. The number of fused-ring (bicyclic) bond motifs is 1. The van der Waals surface area contributed by atoms with Crippen LogP contribution in [0.3, 0.4) is 0 Å². The number of piperidine rings is 1. The third-order valence-electron chi connectivity index (χ3n) is 5.05. The van der Waals surface area contributed by atoms with Crippen LogP contribution in [0.5, 0.6) is 0 Å². The number of hydrogen-bond donors (Lipinski definition) is 0. The SMILES string of the molecule is O=CCC(=O)N1CCC(CSc2cccc3c2CCCC3)CC1. The summed E-state index contributed by atoms with van der Waals surface area (Å²) in [5.41, 5.74) is 3.14. The fourth-order valence-corrected chi connectivity index (χ4v) is 4.97. The maximum absolute atomic E-state index is 11.7. The van der Waals surface area contributed by atoms with Crippen LogP contribution in [0.4, 0.5) is 0 Å². The van der Waals surface area contributed by atoms with E-state index in [0.717, 1.165) is 31.7 Å². The molecule has 23 heavy (non-hydrogen) atoms. The zero-order valence-electron chi connectivity index (χ0n) is 13.6. The molecule has 0 N–H and O–H groups in total. The Morgan fingerprint density at radius 1 is 1.22 bits per heavy atom. The lowest BCUT2D eigenvalue weighted by Gasteiger charge is -2.31. The minimum atomic E-state index is -0.0109. The number of aldehydes is 1. The van der Waals surface area contributed by atoms with Crippen LogP contribution in [0.25, 0.3) is 0 Å². The Labute approximate surface area is 142 Å². The molecule has 3 rings (SSSR count). The number of rotatable bonds is 5. The van der Waals surface area contributed by atoms with Crippen LogP contribution in [0.2, 0.25) is 0 Å². The normalized spacial score (nSPS) is 18.5. The molecule has 0 saturated carbocycles. The van der Waals surface area contributed by atoms with E-state index in [1.807, 2.05) is 16.7 Å². The number of hydrogen-bond acceptors (Lipinski definition) is 3. The van der Waals surface area contributed by atoms with Gasteiger partial charge in [-0.2, -0.15) is 0 Å². The number of carbonyl (C=O) groups excluding carboxylic acids is 2. The molecule has 0 aromatic heterocycles. The van der Waals surface area contributed by atoms with Crippen LogP contribution in [0, 0.1) is 5.92 Å². The molecule has 0 unspecified atom stereocenters. The number of nitrogens with zero attached hydrogens (tertiary/aromatic N) is 1. The molecular weight excluding hydrogens is 306 g/mol. The Bertz CT molecular complexity index is 564. The monoisotopic (exact) mass is 331 g/mol. The van der Waals surface area contributed by atoms with Crippen molar-refractivity contribution in [1.29, 1.82) is 0 Å². The van der Waals surface area contributed by atoms with Crippen molar-refractivity contribution in [1.82, 2.24) is 4.90 Å². The Hall–Kier alpha value is -1.29. The second kappa shape index (κ2) is 8.00. The first-order valence-electron chi connectivity index (χ1n) is 8.73. The zero-order valence-corrected chi connectivity index (χ0v) is 14.4. The summed E-state index contributed by atoms with van der Waals surface area (Å²) in [7, 11) is 0. The lowest BCUT2D eigenvalue weighted by atomic mass is 9.92. The Balaban J connectivity index is 1.51. The maximum Gasteiger partial charge on any atom is 0.229 e. The molecule has 1 heterocycles. The Morgan fingerprint density at radius 3 is 2.78 bits per heavy atom. The van der Waals surface area contributed by atoms with Crippen LogP contribution < -0.4 is 0 Å². The first kappa shape index (κ1) is 16.6. The summed E-state index contributed by atoms with van der Waals surface area (Å²) < 4.78 is 0. The molecule has 0 spiro atoms. The van der Waals surface area contributed by atoms with Crippen molar-refractivity contribution in [3.05, 3.63) is 29.3 Å². The average Bonchev–Trinajstić information content (AvgIpc) is 2.60. The fraction of sp³-hybridized carbons (Fsp3) is 0.579. The van der Waals surface area contributed by atoms with E-state index >= 15 is 0 Å². The number of thioether (sulfide) groups is 1. The molecule has 1 aromatic carbocycles. The number of carbonyl (C=O) groups is 2. The van der Waals surface area contributed by atoms with Gasteiger partial charge in [0.15, 0.2) is 0 Å². The second-order valence-corrected chi connectivity index (χ2v) is 7.67. The summed E-state index contributed by atoms with van der Waals surface area (Å²) in [6.07, 6.45) is 7.99. The summed E-state index contributed by atoms with van der Waals surface area (Å²) >= 11 is 2.00. The lowest BCUT2D eigenvalue weighted by molar-refractivity contribution is -0.134. The molecule has 1 aliphatic carbocycles. The molecule has 1 aliphatic heterocycles. The van der Waals surface area contributed by atoms with Gasteiger partial charge in [0, 0.05) is 23.7 Å². The molecule has 3 nitrogen and oxygen atoms in total. The van der Waals surface area contributed by atoms with E-state index in [1.54, 1.807) is 11.1 Å². The van der Waals surface area contributed by atoms with Gasteiger partial charge in [0.05, 0.1) is 6.42 Å². The van der Waals surface area contributed by atoms with Gasteiger partial charge in [-0.05, 0) is 61.6 Å². The summed E-state index contributed by atoms with van der Waals surface area (Å²) in [4.78, 5) is 25.5. The zero-order chi connectivity index (χ0) is 16.1. The van der Waals surface area contributed by atoms with Crippen molar-refractivity contribution in [3.63, 3.8) is 0 Å². The molecule has 0 atom stereocenters. The topological polar surface area (TPSA) is 37.4 Å². The van der Waals surface area contributed by atoms with Crippen molar-refractivity contribution in [2.24, 2.45) is 5.92 Å². The maximum atomic E-state index is 11.7. The first-order valence-corrected chi connectivity index (χ1v) is 9.71. The van der Waals surface area contributed by atoms with E-state index in [4.69, 9.17) is 0 Å².